The van der Waals surface area contributed by atoms with Gasteiger partial charge in [-0.15, -0.1) is 0 Å². The number of rotatable bonds is 6. The first-order chi connectivity index (χ1) is 6.77. The fourth-order valence-corrected chi connectivity index (χ4v) is 1.73. The normalized spacial score (nSPS) is 13.1. The standard InChI is InChI=1S/C11H20N2O/c1-3-4-10(9-14)5-6-11-7-8-12-13(11)2/h7-8,10,14H,3-6,9H2,1-2H3. The average molecular weight is 196 g/mol. The van der Waals surface area contributed by atoms with Gasteiger partial charge in [0.15, 0.2) is 0 Å². The molecular weight excluding hydrogens is 176 g/mol. The van der Waals surface area contributed by atoms with E-state index in [2.05, 4.69) is 12.0 Å². The van der Waals surface area contributed by atoms with Crippen LogP contribution in [0.15, 0.2) is 12.3 Å². The Morgan fingerprint density at radius 2 is 2.29 bits per heavy atom. The predicted molar refractivity (Wildman–Crippen MR) is 57.0 cm³/mol. The van der Waals surface area contributed by atoms with Crippen LogP contribution in [0.1, 0.15) is 31.9 Å². The van der Waals surface area contributed by atoms with Gasteiger partial charge in [0.25, 0.3) is 0 Å². The van der Waals surface area contributed by atoms with Crippen molar-refractivity contribution >= 4 is 0 Å². The predicted octanol–water partition coefficient (Wildman–Crippen LogP) is 1.76. The zero-order chi connectivity index (χ0) is 10.4. The third-order valence-electron chi connectivity index (χ3n) is 2.69. The quantitative estimate of drug-likeness (QED) is 0.753. The van der Waals surface area contributed by atoms with Crippen molar-refractivity contribution in [2.75, 3.05) is 6.61 Å². The second kappa shape index (κ2) is 5.81. The molecule has 0 fully saturated rings. The van der Waals surface area contributed by atoms with E-state index in [1.165, 1.54) is 5.69 Å². The molecule has 1 unspecified atom stereocenters. The number of hydrogen-bond acceptors (Lipinski definition) is 2. The highest BCUT2D eigenvalue weighted by atomic mass is 16.3. The Bertz CT molecular complexity index is 258. The molecule has 0 aromatic carbocycles. The van der Waals surface area contributed by atoms with E-state index < -0.39 is 0 Å². The van der Waals surface area contributed by atoms with E-state index in [1.807, 2.05) is 24.0 Å². The summed E-state index contributed by atoms with van der Waals surface area (Å²) < 4.78 is 1.90. The van der Waals surface area contributed by atoms with Crippen LogP contribution in [-0.4, -0.2) is 21.5 Å². The average Bonchev–Trinajstić information content (AvgIpc) is 2.59. The second-order valence-electron chi connectivity index (χ2n) is 3.82. The van der Waals surface area contributed by atoms with Gasteiger partial charge in [-0.3, -0.25) is 4.68 Å². The molecule has 0 spiro atoms. The highest BCUT2D eigenvalue weighted by Gasteiger charge is 2.07. The van der Waals surface area contributed by atoms with Gasteiger partial charge in [-0.1, -0.05) is 13.3 Å². The van der Waals surface area contributed by atoms with Crippen LogP contribution in [0.3, 0.4) is 0 Å². The first kappa shape index (κ1) is 11.2. The summed E-state index contributed by atoms with van der Waals surface area (Å²) >= 11 is 0. The molecule has 1 aromatic rings. The number of aromatic nitrogens is 2. The number of aliphatic hydroxyl groups excluding tert-OH is 1. The van der Waals surface area contributed by atoms with Crippen molar-refractivity contribution in [1.29, 1.82) is 0 Å². The molecule has 0 aliphatic rings. The Morgan fingerprint density at radius 3 is 2.79 bits per heavy atom. The number of aliphatic hydroxyl groups is 1. The second-order valence-corrected chi connectivity index (χ2v) is 3.82. The highest BCUT2D eigenvalue weighted by molar-refractivity contribution is 4.99. The fourth-order valence-electron chi connectivity index (χ4n) is 1.73. The van der Waals surface area contributed by atoms with Crippen LogP contribution in [0, 0.1) is 5.92 Å². The van der Waals surface area contributed by atoms with Gasteiger partial charge in [0.2, 0.25) is 0 Å². The molecule has 14 heavy (non-hydrogen) atoms. The molecule has 0 saturated carbocycles. The lowest BCUT2D eigenvalue weighted by molar-refractivity contribution is 0.209. The molecule has 0 saturated heterocycles. The largest absolute Gasteiger partial charge is 0.396 e. The van der Waals surface area contributed by atoms with Crippen molar-refractivity contribution in [2.45, 2.75) is 32.6 Å². The fraction of sp³-hybridized carbons (Fsp3) is 0.727. The Balaban J connectivity index is 2.35. The van der Waals surface area contributed by atoms with Crippen LogP contribution < -0.4 is 0 Å². The Kier molecular flexibility index (Phi) is 4.66. The molecule has 0 amide bonds. The van der Waals surface area contributed by atoms with Crippen LogP contribution >= 0.6 is 0 Å². The van der Waals surface area contributed by atoms with Crippen molar-refractivity contribution in [1.82, 2.24) is 9.78 Å². The Hall–Kier alpha value is -0.830. The molecule has 0 radical (unpaired) electrons. The summed E-state index contributed by atoms with van der Waals surface area (Å²) in [7, 11) is 1.96. The van der Waals surface area contributed by atoms with Crippen molar-refractivity contribution in [2.24, 2.45) is 13.0 Å². The maximum atomic E-state index is 9.13. The maximum absolute atomic E-state index is 9.13. The van der Waals surface area contributed by atoms with E-state index in [-0.39, 0.29) is 0 Å². The van der Waals surface area contributed by atoms with E-state index >= 15 is 0 Å². The summed E-state index contributed by atoms with van der Waals surface area (Å²) in [6, 6.07) is 2.04. The molecule has 1 rings (SSSR count). The summed E-state index contributed by atoms with van der Waals surface area (Å²) in [5, 5.41) is 13.3. The Labute approximate surface area is 85.8 Å². The van der Waals surface area contributed by atoms with Gasteiger partial charge in [-0.2, -0.15) is 5.10 Å². The minimum absolute atomic E-state index is 0.311. The monoisotopic (exact) mass is 196 g/mol. The maximum Gasteiger partial charge on any atom is 0.0492 e. The van der Waals surface area contributed by atoms with Crippen molar-refractivity contribution in [3.8, 4) is 0 Å². The molecule has 0 aliphatic carbocycles. The van der Waals surface area contributed by atoms with Crippen LogP contribution in [0.2, 0.25) is 0 Å². The molecule has 1 N–H and O–H groups in total. The van der Waals surface area contributed by atoms with Crippen LogP contribution in [0.25, 0.3) is 0 Å². The molecule has 0 bridgehead atoms. The van der Waals surface area contributed by atoms with Crippen molar-refractivity contribution in [3.05, 3.63) is 18.0 Å². The third kappa shape index (κ3) is 3.14. The smallest absolute Gasteiger partial charge is 0.0492 e. The molecule has 3 nitrogen and oxygen atoms in total. The van der Waals surface area contributed by atoms with Gasteiger partial charge in [-0.05, 0) is 31.2 Å². The first-order valence-electron chi connectivity index (χ1n) is 5.35. The van der Waals surface area contributed by atoms with Crippen LogP contribution in [-0.2, 0) is 13.5 Å². The van der Waals surface area contributed by atoms with E-state index in [0.29, 0.717) is 12.5 Å². The molecule has 1 aromatic heterocycles. The zero-order valence-electron chi connectivity index (χ0n) is 9.11. The summed E-state index contributed by atoms with van der Waals surface area (Å²) in [5.41, 5.74) is 1.25. The SMILES string of the molecule is CCCC(CO)CCc1ccnn1C. The number of nitrogens with zero attached hydrogens (tertiary/aromatic N) is 2. The lowest BCUT2D eigenvalue weighted by Gasteiger charge is -2.12. The summed E-state index contributed by atoms with van der Waals surface area (Å²) in [6.45, 7) is 2.47. The molecule has 3 heteroatoms. The highest BCUT2D eigenvalue weighted by Crippen LogP contribution is 2.13. The van der Waals surface area contributed by atoms with E-state index in [4.69, 9.17) is 5.11 Å². The molecule has 1 atom stereocenters. The zero-order valence-corrected chi connectivity index (χ0v) is 9.11. The van der Waals surface area contributed by atoms with Gasteiger partial charge >= 0.3 is 0 Å². The lowest BCUT2D eigenvalue weighted by Crippen LogP contribution is -2.08. The molecular formula is C11H20N2O. The van der Waals surface area contributed by atoms with Gasteiger partial charge in [0.05, 0.1) is 0 Å². The van der Waals surface area contributed by atoms with E-state index in [1.54, 1.807) is 0 Å². The first-order valence-corrected chi connectivity index (χ1v) is 5.35. The molecule has 0 aliphatic heterocycles. The van der Waals surface area contributed by atoms with Gasteiger partial charge < -0.3 is 5.11 Å². The summed E-state index contributed by atoms with van der Waals surface area (Å²) in [4.78, 5) is 0. The van der Waals surface area contributed by atoms with Crippen molar-refractivity contribution < 1.29 is 5.11 Å². The topological polar surface area (TPSA) is 38.1 Å². The lowest BCUT2D eigenvalue weighted by atomic mass is 9.98. The van der Waals surface area contributed by atoms with Gasteiger partial charge in [0, 0.05) is 25.5 Å². The number of hydrogen-bond donors (Lipinski definition) is 1. The minimum Gasteiger partial charge on any atom is -0.396 e. The molecule has 80 valence electrons. The van der Waals surface area contributed by atoms with E-state index in [0.717, 1.165) is 25.7 Å². The third-order valence-corrected chi connectivity index (χ3v) is 2.69. The van der Waals surface area contributed by atoms with Gasteiger partial charge in [0.1, 0.15) is 0 Å². The van der Waals surface area contributed by atoms with Crippen LogP contribution in [0.4, 0.5) is 0 Å². The van der Waals surface area contributed by atoms with E-state index in [9.17, 15) is 0 Å². The summed E-state index contributed by atoms with van der Waals surface area (Å²) in [5.74, 6) is 0.454. The van der Waals surface area contributed by atoms with Crippen molar-refractivity contribution in [3.63, 3.8) is 0 Å². The number of aryl methyl sites for hydroxylation is 2. The summed E-state index contributed by atoms with van der Waals surface area (Å²) in [6.07, 6.45) is 6.17. The van der Waals surface area contributed by atoms with Gasteiger partial charge in [-0.25, -0.2) is 0 Å². The Morgan fingerprint density at radius 1 is 1.50 bits per heavy atom. The minimum atomic E-state index is 0.311. The molecule has 1 heterocycles. The van der Waals surface area contributed by atoms with Crippen LogP contribution in [0.5, 0.6) is 0 Å².